The van der Waals surface area contributed by atoms with Crippen molar-refractivity contribution in [3.8, 4) is 0 Å². The summed E-state index contributed by atoms with van der Waals surface area (Å²) >= 11 is 5.96. The molecule has 6 nitrogen and oxygen atoms in total. The molecule has 1 aliphatic heterocycles. The van der Waals surface area contributed by atoms with Crippen molar-refractivity contribution >= 4 is 23.4 Å². The molecule has 3 N–H and O–H groups in total. The lowest BCUT2D eigenvalue weighted by molar-refractivity contribution is -0.125. The molecule has 2 heterocycles. The molecule has 1 aliphatic rings. The largest absolute Gasteiger partial charge is 0.352 e. The van der Waals surface area contributed by atoms with Gasteiger partial charge in [-0.1, -0.05) is 31.5 Å². The molecular formula is C20H21ClF2N4O2. The molecule has 0 bridgehead atoms. The number of pyridine rings is 1. The highest BCUT2D eigenvalue weighted by molar-refractivity contribution is 6.30. The van der Waals surface area contributed by atoms with Gasteiger partial charge in [0.25, 0.3) is 0 Å². The van der Waals surface area contributed by atoms with Gasteiger partial charge < -0.3 is 10.6 Å². The van der Waals surface area contributed by atoms with Crippen LogP contribution >= 0.6 is 11.6 Å². The summed E-state index contributed by atoms with van der Waals surface area (Å²) in [5.74, 6) is -2.49. The van der Waals surface area contributed by atoms with E-state index in [4.69, 9.17) is 11.6 Å². The quantitative estimate of drug-likeness (QED) is 0.691. The maximum absolute atomic E-state index is 15.1. The van der Waals surface area contributed by atoms with Crippen molar-refractivity contribution in [3.63, 3.8) is 0 Å². The molecule has 0 saturated carbocycles. The molecular weight excluding hydrogens is 402 g/mol. The maximum atomic E-state index is 15.1. The fourth-order valence-corrected chi connectivity index (χ4v) is 3.28. The molecule has 2 unspecified atom stereocenters. The van der Waals surface area contributed by atoms with E-state index >= 15 is 4.39 Å². The topological polar surface area (TPSA) is 83.1 Å². The van der Waals surface area contributed by atoms with Crippen LogP contribution in [-0.2, 0) is 16.1 Å². The summed E-state index contributed by atoms with van der Waals surface area (Å²) < 4.78 is 29.6. The Balaban J connectivity index is 1.87. The molecule has 1 saturated heterocycles. The Kier molecular flexibility index (Phi) is 6.44. The lowest BCUT2D eigenvalue weighted by Crippen LogP contribution is -2.47. The lowest BCUT2D eigenvalue weighted by atomic mass is 9.98. The number of rotatable bonds is 5. The van der Waals surface area contributed by atoms with E-state index in [1.807, 2.05) is 0 Å². The summed E-state index contributed by atoms with van der Waals surface area (Å²) in [7, 11) is 0. The van der Waals surface area contributed by atoms with Gasteiger partial charge in [-0.25, -0.2) is 8.78 Å². The van der Waals surface area contributed by atoms with Crippen molar-refractivity contribution in [3.05, 3.63) is 63.9 Å². The van der Waals surface area contributed by atoms with Crippen LogP contribution in [0.2, 0.25) is 5.02 Å². The van der Waals surface area contributed by atoms with E-state index in [-0.39, 0.29) is 41.8 Å². The van der Waals surface area contributed by atoms with Gasteiger partial charge in [0.2, 0.25) is 11.8 Å². The predicted molar refractivity (Wildman–Crippen MR) is 104 cm³/mol. The first kappa shape index (κ1) is 21.1. The first-order valence-electron chi connectivity index (χ1n) is 9.16. The summed E-state index contributed by atoms with van der Waals surface area (Å²) in [5.41, 5.74) is 0.450. The second kappa shape index (κ2) is 8.84. The van der Waals surface area contributed by atoms with Crippen LogP contribution in [0.4, 0.5) is 8.78 Å². The third-order valence-corrected chi connectivity index (χ3v) is 4.87. The molecule has 2 amide bonds. The zero-order chi connectivity index (χ0) is 21.1. The molecule has 2 aromatic rings. The van der Waals surface area contributed by atoms with Gasteiger partial charge in [-0.2, -0.15) is 0 Å². The number of benzene rings is 1. The number of nitrogens with zero attached hydrogens (tertiary/aromatic N) is 1. The van der Waals surface area contributed by atoms with Gasteiger partial charge in [-0.3, -0.25) is 19.9 Å². The summed E-state index contributed by atoms with van der Waals surface area (Å²) in [4.78, 5) is 28.0. The van der Waals surface area contributed by atoms with Crippen LogP contribution in [0.1, 0.15) is 49.2 Å². The summed E-state index contributed by atoms with van der Waals surface area (Å²) in [5, 5.41) is 8.61. The minimum Gasteiger partial charge on any atom is -0.352 e. The zero-order valence-electron chi connectivity index (χ0n) is 15.9. The molecule has 9 heteroatoms. The Morgan fingerprint density at radius 1 is 1.34 bits per heavy atom. The zero-order valence-corrected chi connectivity index (χ0v) is 16.7. The predicted octanol–water partition coefficient (Wildman–Crippen LogP) is 3.13. The van der Waals surface area contributed by atoms with Gasteiger partial charge in [-0.05, 0) is 17.7 Å². The molecule has 154 valence electrons. The Morgan fingerprint density at radius 2 is 2.10 bits per heavy atom. The Labute approximate surface area is 172 Å². The van der Waals surface area contributed by atoms with E-state index in [0.29, 0.717) is 10.6 Å². The Morgan fingerprint density at radius 3 is 2.79 bits per heavy atom. The normalized spacial score (nSPS) is 19.2. The second-order valence-electron chi connectivity index (χ2n) is 7.17. The van der Waals surface area contributed by atoms with Gasteiger partial charge in [0.05, 0.1) is 10.6 Å². The van der Waals surface area contributed by atoms with Gasteiger partial charge in [0, 0.05) is 42.9 Å². The summed E-state index contributed by atoms with van der Waals surface area (Å²) in [6, 6.07) is 3.53. The first-order valence-corrected chi connectivity index (χ1v) is 9.54. The first-order chi connectivity index (χ1) is 13.8. The number of carbonyl (C=O) groups is 2. The second-order valence-corrected chi connectivity index (χ2v) is 7.60. The van der Waals surface area contributed by atoms with E-state index in [0.717, 1.165) is 6.07 Å². The number of aromatic nitrogens is 1. The number of hydrogen-bond donors (Lipinski definition) is 3. The highest BCUT2D eigenvalue weighted by Gasteiger charge is 2.32. The number of nitrogens with one attached hydrogen (secondary N) is 3. The highest BCUT2D eigenvalue weighted by Crippen LogP contribution is 2.30. The van der Waals surface area contributed by atoms with Crippen LogP contribution in [0.25, 0.3) is 0 Å². The monoisotopic (exact) mass is 422 g/mol. The number of halogens is 3. The fourth-order valence-electron chi connectivity index (χ4n) is 3.10. The number of amides is 2. The minimum absolute atomic E-state index is 0.0753. The van der Waals surface area contributed by atoms with E-state index < -0.39 is 23.8 Å². The molecule has 0 spiro atoms. The molecule has 1 aromatic heterocycles. The van der Waals surface area contributed by atoms with Crippen LogP contribution in [0.5, 0.6) is 0 Å². The Bertz CT molecular complexity index is 939. The van der Waals surface area contributed by atoms with Crippen molar-refractivity contribution in [1.29, 1.82) is 0 Å². The van der Waals surface area contributed by atoms with E-state index in [1.165, 1.54) is 12.3 Å². The fraction of sp³-hybridized carbons (Fsp3) is 0.350. The third-order valence-electron chi connectivity index (χ3n) is 4.66. The third kappa shape index (κ3) is 4.89. The van der Waals surface area contributed by atoms with Gasteiger partial charge >= 0.3 is 0 Å². The average Bonchev–Trinajstić information content (AvgIpc) is 2.66. The van der Waals surface area contributed by atoms with Crippen LogP contribution in [0.3, 0.4) is 0 Å². The smallest absolute Gasteiger partial charge is 0.223 e. The van der Waals surface area contributed by atoms with Crippen molar-refractivity contribution < 1.29 is 18.4 Å². The summed E-state index contributed by atoms with van der Waals surface area (Å²) in [6.07, 6.45) is 2.00. The number of carbonyl (C=O) groups excluding carboxylic acids is 2. The highest BCUT2D eigenvalue weighted by atomic mass is 35.5. The van der Waals surface area contributed by atoms with E-state index in [9.17, 15) is 14.0 Å². The molecule has 1 fully saturated rings. The van der Waals surface area contributed by atoms with Gasteiger partial charge in [0.1, 0.15) is 17.8 Å². The van der Waals surface area contributed by atoms with E-state index in [2.05, 4.69) is 20.9 Å². The molecule has 2 atom stereocenters. The number of hydrogen-bond acceptors (Lipinski definition) is 4. The standard InChI is InChI=1S/C20H21ClF2N4O2/c1-10(2)20(29)25-8-11-3-4-14(22)17(18(11)23)19-26-15(6-16(28)27-19)12-5-13(21)9-24-7-12/h3-5,7,9-10,15,19,26H,6,8H2,1-2H3,(H,25,29)(H,27,28). The molecule has 1 aromatic carbocycles. The van der Waals surface area contributed by atoms with Crippen LogP contribution in [-0.4, -0.2) is 16.8 Å². The van der Waals surface area contributed by atoms with Crippen molar-refractivity contribution in [2.75, 3.05) is 0 Å². The molecule has 29 heavy (non-hydrogen) atoms. The van der Waals surface area contributed by atoms with Crippen LogP contribution in [0.15, 0.2) is 30.6 Å². The molecule has 0 aliphatic carbocycles. The van der Waals surface area contributed by atoms with Crippen LogP contribution in [0, 0.1) is 17.6 Å². The average molecular weight is 423 g/mol. The minimum atomic E-state index is -1.08. The Hall–Kier alpha value is -2.58. The lowest BCUT2D eigenvalue weighted by Gasteiger charge is -2.32. The van der Waals surface area contributed by atoms with Crippen molar-refractivity contribution in [2.45, 2.75) is 39.0 Å². The van der Waals surface area contributed by atoms with Crippen molar-refractivity contribution in [1.82, 2.24) is 20.9 Å². The van der Waals surface area contributed by atoms with E-state index in [1.54, 1.807) is 26.1 Å². The molecule has 0 radical (unpaired) electrons. The molecule has 3 rings (SSSR count). The summed E-state index contributed by atoms with van der Waals surface area (Å²) in [6.45, 7) is 3.35. The maximum Gasteiger partial charge on any atom is 0.223 e. The van der Waals surface area contributed by atoms with Crippen LogP contribution < -0.4 is 16.0 Å². The van der Waals surface area contributed by atoms with Gasteiger partial charge in [0.15, 0.2) is 0 Å². The SMILES string of the molecule is CC(C)C(=O)NCc1ccc(F)c(C2NC(=O)CC(c3cncc(Cl)c3)N2)c1F. The van der Waals surface area contributed by atoms with Crippen molar-refractivity contribution in [2.24, 2.45) is 5.92 Å². The van der Waals surface area contributed by atoms with Gasteiger partial charge in [-0.15, -0.1) is 0 Å².